The third kappa shape index (κ3) is 3.56. The van der Waals surface area contributed by atoms with Crippen molar-refractivity contribution in [2.75, 3.05) is 0 Å². The molecule has 8 heteroatoms. The topological polar surface area (TPSA) is 96.4 Å². The molecule has 1 aromatic rings. The Kier molecular flexibility index (Phi) is 4.77. The van der Waals surface area contributed by atoms with Gasteiger partial charge in [-0.3, -0.25) is 4.79 Å². The molecule has 0 bridgehead atoms. The summed E-state index contributed by atoms with van der Waals surface area (Å²) in [6, 6.07) is -0.178. The minimum Gasteiger partial charge on any atom is -0.481 e. The van der Waals surface area contributed by atoms with Gasteiger partial charge in [0, 0.05) is 6.04 Å². The third-order valence-electron chi connectivity index (χ3n) is 3.50. The predicted molar refractivity (Wildman–Crippen MR) is 75.2 cm³/mol. The maximum Gasteiger partial charge on any atom is 0.306 e. The molecule has 20 heavy (non-hydrogen) atoms. The van der Waals surface area contributed by atoms with Gasteiger partial charge in [0.05, 0.1) is 17.1 Å². The highest BCUT2D eigenvalue weighted by Gasteiger charge is 2.29. The number of thiazole rings is 1. The molecule has 0 aromatic carbocycles. The van der Waals surface area contributed by atoms with Crippen molar-refractivity contribution in [2.24, 2.45) is 5.92 Å². The zero-order valence-electron chi connectivity index (χ0n) is 11.2. The maximum atomic E-state index is 12.2. The highest BCUT2D eigenvalue weighted by atomic mass is 32.2. The Morgan fingerprint density at radius 1 is 1.45 bits per heavy atom. The number of nitrogens with one attached hydrogen (secondary N) is 1. The molecule has 0 amide bonds. The molecular formula is C12H18N2O4S2. The van der Waals surface area contributed by atoms with E-state index in [1.807, 2.05) is 6.92 Å². The Hall–Kier alpha value is -0.990. The van der Waals surface area contributed by atoms with Gasteiger partial charge in [-0.25, -0.2) is 18.1 Å². The van der Waals surface area contributed by atoms with Crippen LogP contribution >= 0.6 is 11.3 Å². The molecule has 2 N–H and O–H groups in total. The van der Waals surface area contributed by atoms with Crippen LogP contribution in [0.2, 0.25) is 0 Å². The second-order valence-electron chi connectivity index (χ2n) is 4.93. The lowest BCUT2D eigenvalue weighted by molar-refractivity contribution is -0.142. The summed E-state index contributed by atoms with van der Waals surface area (Å²) >= 11 is 1.18. The number of carboxylic acid groups (broad SMARTS) is 1. The lowest BCUT2D eigenvalue weighted by Gasteiger charge is -2.26. The number of sulfonamides is 1. The molecule has 1 fully saturated rings. The summed E-state index contributed by atoms with van der Waals surface area (Å²) in [7, 11) is -3.53. The molecule has 1 heterocycles. The first-order chi connectivity index (χ1) is 9.42. The highest BCUT2D eigenvalue weighted by Crippen LogP contribution is 2.26. The largest absolute Gasteiger partial charge is 0.481 e. The van der Waals surface area contributed by atoms with Crippen molar-refractivity contribution in [3.8, 4) is 0 Å². The average Bonchev–Trinajstić information content (AvgIpc) is 2.88. The molecule has 1 aromatic heterocycles. The minimum absolute atomic E-state index is 0.178. The van der Waals surface area contributed by atoms with Crippen molar-refractivity contribution in [1.29, 1.82) is 0 Å². The number of carbonyl (C=O) groups is 1. The lowest BCUT2D eigenvalue weighted by Crippen LogP contribution is -2.38. The molecule has 0 saturated heterocycles. The third-order valence-corrected chi connectivity index (χ3v) is 6.62. The van der Waals surface area contributed by atoms with E-state index in [0.29, 0.717) is 32.1 Å². The van der Waals surface area contributed by atoms with Crippen molar-refractivity contribution in [3.63, 3.8) is 0 Å². The maximum absolute atomic E-state index is 12.2. The van der Waals surface area contributed by atoms with Gasteiger partial charge < -0.3 is 5.11 Å². The number of rotatable bonds is 5. The lowest BCUT2D eigenvalue weighted by atomic mass is 9.87. The fourth-order valence-electron chi connectivity index (χ4n) is 2.32. The van der Waals surface area contributed by atoms with Crippen LogP contribution in [0.1, 0.15) is 37.6 Å². The first-order valence-electron chi connectivity index (χ1n) is 6.62. The number of hydrogen-bond acceptors (Lipinski definition) is 5. The minimum atomic E-state index is -3.53. The molecule has 6 nitrogen and oxygen atoms in total. The van der Waals surface area contributed by atoms with E-state index < -0.39 is 16.0 Å². The van der Waals surface area contributed by atoms with Gasteiger partial charge in [-0.1, -0.05) is 6.92 Å². The predicted octanol–water partition coefficient (Wildman–Crippen LogP) is 1.63. The Balaban J connectivity index is 1.98. The van der Waals surface area contributed by atoms with Crippen LogP contribution in [0.5, 0.6) is 0 Å². The fraction of sp³-hybridized carbons (Fsp3) is 0.667. The zero-order valence-corrected chi connectivity index (χ0v) is 12.8. The second-order valence-corrected chi connectivity index (χ2v) is 7.99. The van der Waals surface area contributed by atoms with Gasteiger partial charge in [-0.2, -0.15) is 0 Å². The Morgan fingerprint density at radius 2 is 2.10 bits per heavy atom. The van der Waals surface area contributed by atoms with E-state index in [1.165, 1.54) is 17.5 Å². The molecule has 1 aliphatic carbocycles. The molecule has 0 unspecified atom stereocenters. The standard InChI is InChI=1S/C12H18N2O4S2/c1-2-10-13-7-11(19-10)20(17,18)14-9-5-3-8(4-6-9)12(15)16/h7-9,14H,2-6H2,1H3,(H,15,16). The van der Waals surface area contributed by atoms with E-state index in [2.05, 4.69) is 9.71 Å². The summed E-state index contributed by atoms with van der Waals surface area (Å²) in [6.45, 7) is 1.93. The van der Waals surface area contributed by atoms with Crippen LogP contribution in [-0.2, 0) is 21.2 Å². The van der Waals surface area contributed by atoms with Gasteiger partial charge in [0.25, 0.3) is 10.0 Å². The van der Waals surface area contributed by atoms with E-state index in [1.54, 1.807) is 0 Å². The molecule has 1 aliphatic rings. The monoisotopic (exact) mass is 318 g/mol. The number of carboxylic acids is 1. The second kappa shape index (κ2) is 6.19. The van der Waals surface area contributed by atoms with Crippen LogP contribution in [0.15, 0.2) is 10.4 Å². The first-order valence-corrected chi connectivity index (χ1v) is 8.92. The van der Waals surface area contributed by atoms with Crippen molar-refractivity contribution in [3.05, 3.63) is 11.2 Å². The van der Waals surface area contributed by atoms with Crippen LogP contribution in [0, 0.1) is 5.92 Å². The Morgan fingerprint density at radius 3 is 2.60 bits per heavy atom. The number of nitrogens with zero attached hydrogens (tertiary/aromatic N) is 1. The summed E-state index contributed by atoms with van der Waals surface area (Å²) in [5.74, 6) is -1.13. The Labute approximate surface area is 122 Å². The fourth-order valence-corrected chi connectivity index (χ4v) is 4.76. The van der Waals surface area contributed by atoms with Gasteiger partial charge in [-0.15, -0.1) is 11.3 Å². The van der Waals surface area contributed by atoms with Gasteiger partial charge >= 0.3 is 5.97 Å². The van der Waals surface area contributed by atoms with Crippen molar-refractivity contribution < 1.29 is 18.3 Å². The summed E-state index contributed by atoms with van der Waals surface area (Å²) in [6.07, 6.45) is 4.26. The molecule has 1 saturated carbocycles. The Bertz CT molecular complexity index is 574. The van der Waals surface area contributed by atoms with Crippen LogP contribution in [-0.4, -0.2) is 30.5 Å². The molecule has 112 valence electrons. The summed E-state index contributed by atoms with van der Waals surface area (Å²) in [4.78, 5) is 14.9. The van der Waals surface area contributed by atoms with Gasteiger partial charge in [0.2, 0.25) is 0 Å². The molecule has 2 rings (SSSR count). The molecule has 0 spiro atoms. The summed E-state index contributed by atoms with van der Waals surface area (Å²) in [5, 5.41) is 9.71. The van der Waals surface area contributed by atoms with Crippen LogP contribution < -0.4 is 4.72 Å². The van der Waals surface area contributed by atoms with E-state index in [4.69, 9.17) is 5.11 Å². The normalized spacial score (nSPS) is 23.6. The number of aromatic nitrogens is 1. The summed E-state index contributed by atoms with van der Waals surface area (Å²) in [5.41, 5.74) is 0. The number of hydrogen-bond donors (Lipinski definition) is 2. The first kappa shape index (κ1) is 15.4. The molecule has 0 atom stereocenters. The van der Waals surface area contributed by atoms with Gasteiger partial charge in [-0.05, 0) is 32.1 Å². The van der Waals surface area contributed by atoms with Crippen LogP contribution in [0.25, 0.3) is 0 Å². The van der Waals surface area contributed by atoms with Crippen molar-refractivity contribution in [2.45, 2.75) is 49.3 Å². The zero-order chi connectivity index (χ0) is 14.8. The van der Waals surface area contributed by atoms with E-state index in [9.17, 15) is 13.2 Å². The number of aliphatic carboxylic acids is 1. The number of aryl methyl sites for hydroxylation is 1. The van der Waals surface area contributed by atoms with Crippen LogP contribution in [0.4, 0.5) is 0 Å². The van der Waals surface area contributed by atoms with E-state index >= 15 is 0 Å². The molecule has 0 radical (unpaired) electrons. The average molecular weight is 318 g/mol. The van der Waals surface area contributed by atoms with E-state index in [-0.39, 0.29) is 16.2 Å². The van der Waals surface area contributed by atoms with Gasteiger partial charge in [0.1, 0.15) is 0 Å². The van der Waals surface area contributed by atoms with Crippen LogP contribution in [0.3, 0.4) is 0 Å². The van der Waals surface area contributed by atoms with E-state index in [0.717, 1.165) is 5.01 Å². The van der Waals surface area contributed by atoms with Crippen molar-refractivity contribution in [1.82, 2.24) is 9.71 Å². The SMILES string of the molecule is CCc1ncc(S(=O)(=O)NC2CCC(C(=O)O)CC2)s1. The molecule has 0 aliphatic heterocycles. The quantitative estimate of drug-likeness (QED) is 0.860. The smallest absolute Gasteiger partial charge is 0.306 e. The molecular weight excluding hydrogens is 300 g/mol. The summed E-state index contributed by atoms with van der Waals surface area (Å²) < 4.78 is 27.3. The highest BCUT2D eigenvalue weighted by molar-refractivity contribution is 7.91. The van der Waals surface area contributed by atoms with Gasteiger partial charge in [0.15, 0.2) is 4.21 Å². The van der Waals surface area contributed by atoms with Crippen molar-refractivity contribution >= 4 is 27.3 Å².